The number of unbranched alkanes of at least 4 members (excludes halogenated alkanes) is 7. The number of hydrogen-bond acceptors (Lipinski definition) is 3. The Balaban J connectivity index is 2.18. The fraction of sp³-hybridized carbons (Fsp3) is 0.731. The van der Waals surface area contributed by atoms with Crippen molar-refractivity contribution in [3.05, 3.63) is 29.8 Å². The van der Waals surface area contributed by atoms with Gasteiger partial charge in [-0.3, -0.25) is 4.79 Å². The largest absolute Gasteiger partial charge is 0.508 e. The summed E-state index contributed by atoms with van der Waals surface area (Å²) in [6.07, 6.45) is 11.8. The molecule has 0 aliphatic rings. The number of carbonyl (C=O) groups is 1. The monoisotopic (exact) mass is 404 g/mol. The molecule has 1 aromatic carbocycles. The molecule has 1 N–H and O–H groups in total. The lowest BCUT2D eigenvalue weighted by molar-refractivity contribution is -0.144. The summed E-state index contributed by atoms with van der Waals surface area (Å²) in [6, 6.07) is 7.18. The van der Waals surface area contributed by atoms with Gasteiger partial charge in [-0.1, -0.05) is 98.1 Å². The van der Waals surface area contributed by atoms with Gasteiger partial charge in [0.1, 0.15) is 5.75 Å². The van der Waals surface area contributed by atoms with Crippen LogP contribution in [-0.4, -0.2) is 17.7 Å². The summed E-state index contributed by atoms with van der Waals surface area (Å²) in [5, 5.41) is 9.51. The molecular weight excluding hydrogens is 360 g/mol. The van der Waals surface area contributed by atoms with Crippen molar-refractivity contribution in [1.29, 1.82) is 0 Å². The van der Waals surface area contributed by atoms with E-state index in [0.717, 1.165) is 24.3 Å². The molecule has 0 fully saturated rings. The zero-order valence-corrected chi connectivity index (χ0v) is 19.5. The number of esters is 1. The third-order valence-corrected chi connectivity index (χ3v) is 5.65. The van der Waals surface area contributed by atoms with E-state index >= 15 is 0 Å². The minimum Gasteiger partial charge on any atom is -0.508 e. The normalized spacial score (nSPS) is 12.9. The third kappa shape index (κ3) is 11.9. The molecule has 3 heteroatoms. The van der Waals surface area contributed by atoms with Crippen LogP contribution in [0.15, 0.2) is 24.3 Å². The SMILES string of the molecule is CC(C)CCCCCCCCCCOC(=O)CC(c1ccc(O)cc1)C(C)(C)C. The van der Waals surface area contributed by atoms with E-state index in [9.17, 15) is 9.90 Å². The number of phenols is 1. The summed E-state index contributed by atoms with van der Waals surface area (Å²) in [5.74, 6) is 1.03. The van der Waals surface area contributed by atoms with Gasteiger partial charge in [0.25, 0.3) is 0 Å². The van der Waals surface area contributed by atoms with Crippen LogP contribution in [0.3, 0.4) is 0 Å². The quantitative estimate of drug-likeness (QED) is 0.256. The number of rotatable bonds is 14. The highest BCUT2D eigenvalue weighted by Gasteiger charge is 2.29. The second kappa shape index (κ2) is 13.7. The Morgan fingerprint density at radius 1 is 0.897 bits per heavy atom. The van der Waals surface area contributed by atoms with Gasteiger partial charge >= 0.3 is 5.97 Å². The molecule has 0 aliphatic carbocycles. The zero-order valence-electron chi connectivity index (χ0n) is 19.5. The molecular formula is C26H44O3. The van der Waals surface area contributed by atoms with E-state index in [2.05, 4.69) is 34.6 Å². The summed E-state index contributed by atoms with van der Waals surface area (Å²) in [6.45, 7) is 11.5. The number of carbonyl (C=O) groups excluding carboxylic acids is 1. The van der Waals surface area contributed by atoms with Crippen LogP contribution >= 0.6 is 0 Å². The molecule has 1 unspecified atom stereocenters. The number of hydrogen-bond donors (Lipinski definition) is 1. The van der Waals surface area contributed by atoms with E-state index in [4.69, 9.17) is 4.74 Å². The van der Waals surface area contributed by atoms with E-state index in [-0.39, 0.29) is 23.1 Å². The van der Waals surface area contributed by atoms with E-state index in [0.29, 0.717) is 13.0 Å². The third-order valence-electron chi connectivity index (χ3n) is 5.65. The zero-order chi connectivity index (χ0) is 21.7. The van der Waals surface area contributed by atoms with Crippen LogP contribution in [0.5, 0.6) is 5.75 Å². The first-order valence-electron chi connectivity index (χ1n) is 11.6. The van der Waals surface area contributed by atoms with E-state index in [1.165, 1.54) is 44.9 Å². The van der Waals surface area contributed by atoms with E-state index < -0.39 is 0 Å². The molecule has 0 radical (unpaired) electrons. The van der Waals surface area contributed by atoms with Crippen molar-refractivity contribution in [2.45, 2.75) is 105 Å². The van der Waals surface area contributed by atoms with Gasteiger partial charge in [-0.05, 0) is 41.4 Å². The van der Waals surface area contributed by atoms with Crippen LogP contribution in [0.4, 0.5) is 0 Å². The van der Waals surface area contributed by atoms with Crippen molar-refractivity contribution in [3.63, 3.8) is 0 Å². The molecule has 0 spiro atoms. The molecule has 1 atom stereocenters. The average Bonchev–Trinajstić information content (AvgIpc) is 2.64. The van der Waals surface area contributed by atoms with Crippen LogP contribution in [0, 0.1) is 11.3 Å². The molecule has 0 saturated heterocycles. The Morgan fingerprint density at radius 2 is 1.41 bits per heavy atom. The van der Waals surface area contributed by atoms with Crippen molar-refractivity contribution in [1.82, 2.24) is 0 Å². The molecule has 0 heterocycles. The van der Waals surface area contributed by atoms with Gasteiger partial charge in [0, 0.05) is 0 Å². The minimum atomic E-state index is -0.122. The highest BCUT2D eigenvalue weighted by Crippen LogP contribution is 2.38. The lowest BCUT2D eigenvalue weighted by Crippen LogP contribution is -2.22. The van der Waals surface area contributed by atoms with E-state index in [1.807, 2.05) is 12.1 Å². The van der Waals surface area contributed by atoms with Gasteiger partial charge in [0.2, 0.25) is 0 Å². The summed E-state index contributed by atoms with van der Waals surface area (Å²) in [5.41, 5.74) is 1.02. The lowest BCUT2D eigenvalue weighted by Gasteiger charge is -2.30. The predicted octanol–water partition coefficient (Wildman–Crippen LogP) is 7.62. The molecule has 0 bridgehead atoms. The van der Waals surface area contributed by atoms with Crippen molar-refractivity contribution in [2.75, 3.05) is 6.61 Å². The Labute approximate surface area is 179 Å². The Morgan fingerprint density at radius 3 is 1.93 bits per heavy atom. The maximum atomic E-state index is 12.4. The second-order valence-electron chi connectivity index (χ2n) is 9.95. The van der Waals surface area contributed by atoms with Crippen molar-refractivity contribution in [3.8, 4) is 5.75 Å². The first kappa shape index (κ1) is 25.5. The maximum Gasteiger partial charge on any atom is 0.306 e. The highest BCUT2D eigenvalue weighted by atomic mass is 16.5. The summed E-state index contributed by atoms with van der Waals surface area (Å²) < 4.78 is 5.51. The fourth-order valence-electron chi connectivity index (χ4n) is 3.76. The van der Waals surface area contributed by atoms with Gasteiger partial charge in [-0.15, -0.1) is 0 Å². The molecule has 1 aromatic rings. The molecule has 1 rings (SSSR count). The number of benzene rings is 1. The maximum absolute atomic E-state index is 12.4. The summed E-state index contributed by atoms with van der Waals surface area (Å²) in [7, 11) is 0. The van der Waals surface area contributed by atoms with Crippen molar-refractivity contribution < 1.29 is 14.6 Å². The molecule has 0 saturated carbocycles. The standard InChI is InChI=1S/C26H44O3/c1-21(2)14-12-10-8-6-7-9-11-13-19-29-25(28)20-24(26(3,4)5)22-15-17-23(27)18-16-22/h15-18,21,24,27H,6-14,19-20H2,1-5H3. The topological polar surface area (TPSA) is 46.5 Å². The first-order chi connectivity index (χ1) is 13.7. The minimum absolute atomic E-state index is 0.0504. The van der Waals surface area contributed by atoms with Crippen LogP contribution < -0.4 is 0 Å². The molecule has 0 amide bonds. The Hall–Kier alpha value is -1.51. The van der Waals surface area contributed by atoms with Crippen molar-refractivity contribution in [2.24, 2.45) is 11.3 Å². The molecule has 0 aliphatic heterocycles. The Bertz CT molecular complexity index is 554. The van der Waals surface area contributed by atoms with E-state index in [1.54, 1.807) is 12.1 Å². The average molecular weight is 405 g/mol. The number of phenolic OH excluding ortho intramolecular Hbond substituents is 1. The Kier molecular flexibility index (Phi) is 12.0. The van der Waals surface area contributed by atoms with Gasteiger partial charge in [-0.2, -0.15) is 0 Å². The summed E-state index contributed by atoms with van der Waals surface area (Å²) >= 11 is 0. The van der Waals surface area contributed by atoms with Gasteiger partial charge in [0.05, 0.1) is 13.0 Å². The number of aromatic hydroxyl groups is 1. The molecule has 166 valence electrons. The second-order valence-corrected chi connectivity index (χ2v) is 9.95. The van der Waals surface area contributed by atoms with Crippen LogP contribution in [-0.2, 0) is 9.53 Å². The highest BCUT2D eigenvalue weighted by molar-refractivity contribution is 5.70. The predicted molar refractivity (Wildman–Crippen MR) is 122 cm³/mol. The fourth-order valence-corrected chi connectivity index (χ4v) is 3.76. The molecule has 0 aromatic heterocycles. The lowest BCUT2D eigenvalue weighted by atomic mass is 9.74. The summed E-state index contributed by atoms with van der Waals surface area (Å²) in [4.78, 5) is 12.4. The van der Waals surface area contributed by atoms with Crippen LogP contribution in [0.1, 0.15) is 110 Å². The van der Waals surface area contributed by atoms with Gasteiger partial charge < -0.3 is 9.84 Å². The van der Waals surface area contributed by atoms with Crippen LogP contribution in [0.2, 0.25) is 0 Å². The van der Waals surface area contributed by atoms with Gasteiger partial charge in [0.15, 0.2) is 0 Å². The van der Waals surface area contributed by atoms with Crippen LogP contribution in [0.25, 0.3) is 0 Å². The van der Waals surface area contributed by atoms with Crippen molar-refractivity contribution >= 4 is 5.97 Å². The smallest absolute Gasteiger partial charge is 0.306 e. The first-order valence-corrected chi connectivity index (χ1v) is 11.6. The number of ether oxygens (including phenoxy) is 1. The molecule has 3 nitrogen and oxygen atoms in total. The molecule has 29 heavy (non-hydrogen) atoms. The van der Waals surface area contributed by atoms with Gasteiger partial charge in [-0.25, -0.2) is 0 Å².